The zero-order chi connectivity index (χ0) is 22.7. The van der Waals surface area contributed by atoms with Gasteiger partial charge < -0.3 is 25.1 Å². The largest absolute Gasteiger partial charge is 0.489 e. The molecule has 4 N–H and O–H groups in total. The Morgan fingerprint density at radius 2 is 1.84 bits per heavy atom. The minimum absolute atomic E-state index is 0.00979. The van der Waals surface area contributed by atoms with E-state index >= 15 is 4.39 Å². The Kier molecular flexibility index (Phi) is 6.20. The number of nitrogens with two attached hydrogens (primary N) is 1. The van der Waals surface area contributed by atoms with Crippen molar-refractivity contribution < 1.29 is 28.6 Å². The van der Waals surface area contributed by atoms with Gasteiger partial charge in [-0.25, -0.2) is 4.39 Å². The lowest BCUT2D eigenvalue weighted by Crippen LogP contribution is -2.22. The summed E-state index contributed by atoms with van der Waals surface area (Å²) in [7, 11) is 0. The molecule has 0 aliphatic heterocycles. The summed E-state index contributed by atoms with van der Waals surface area (Å²) in [6.07, 6.45) is 0.220. The molecule has 0 aliphatic rings. The van der Waals surface area contributed by atoms with Crippen molar-refractivity contribution in [2.45, 2.75) is 25.7 Å². The third-order valence-electron chi connectivity index (χ3n) is 5.12. The first kappa shape index (κ1) is 21.5. The Morgan fingerprint density at radius 1 is 1.06 bits per heavy atom. The first-order chi connectivity index (χ1) is 15.4. The van der Waals surface area contributed by atoms with E-state index in [0.717, 1.165) is 10.9 Å². The minimum Gasteiger partial charge on any atom is -0.489 e. The standard InChI is InChI=1S/C25H22FNO5/c26-24-17(12-22(27)28)5-3-6-19(24)20-11-15(10-18-8-9-31-25(18)20)14-32-21-7-2-1-4-16(21)13-23(29)30/h1-11,22,28H,12-14,27H2,(H,29,30)/t22-/m0/s1. The normalized spacial score (nSPS) is 12.1. The van der Waals surface area contributed by atoms with E-state index in [4.69, 9.17) is 20.0 Å². The molecular formula is C25H22FNO5. The number of benzene rings is 3. The van der Waals surface area contributed by atoms with E-state index in [9.17, 15) is 9.90 Å². The van der Waals surface area contributed by atoms with Gasteiger partial charge in [0.05, 0.1) is 12.7 Å². The van der Waals surface area contributed by atoms with Gasteiger partial charge in [-0.1, -0.05) is 36.4 Å². The van der Waals surface area contributed by atoms with Crippen molar-refractivity contribution in [1.82, 2.24) is 0 Å². The fourth-order valence-corrected chi connectivity index (χ4v) is 3.71. The van der Waals surface area contributed by atoms with E-state index in [1.807, 2.05) is 6.07 Å². The number of aliphatic hydroxyl groups is 1. The van der Waals surface area contributed by atoms with Crippen molar-refractivity contribution in [2.24, 2.45) is 5.73 Å². The van der Waals surface area contributed by atoms with Crippen LogP contribution in [0.5, 0.6) is 5.75 Å². The van der Waals surface area contributed by atoms with Gasteiger partial charge in [-0.05, 0) is 35.4 Å². The smallest absolute Gasteiger partial charge is 0.307 e. The minimum atomic E-state index is -1.16. The summed E-state index contributed by atoms with van der Waals surface area (Å²) in [5.74, 6) is -0.936. The summed E-state index contributed by atoms with van der Waals surface area (Å²) >= 11 is 0. The number of furan rings is 1. The van der Waals surface area contributed by atoms with Gasteiger partial charge in [-0.15, -0.1) is 0 Å². The SMILES string of the molecule is N[C@@H](O)Cc1cccc(-c2cc(COc3ccccc3CC(=O)O)cc3ccoc23)c1F. The van der Waals surface area contributed by atoms with Gasteiger partial charge in [-0.2, -0.15) is 0 Å². The Balaban J connectivity index is 1.69. The molecule has 7 heteroatoms. The Labute approximate surface area is 183 Å². The van der Waals surface area contributed by atoms with Crippen molar-refractivity contribution in [3.63, 3.8) is 0 Å². The van der Waals surface area contributed by atoms with Crippen LogP contribution in [0.1, 0.15) is 16.7 Å². The Hall–Kier alpha value is -3.68. The van der Waals surface area contributed by atoms with Crippen LogP contribution in [0, 0.1) is 5.82 Å². The molecule has 1 atom stereocenters. The highest BCUT2D eigenvalue weighted by atomic mass is 19.1. The van der Waals surface area contributed by atoms with Crippen molar-refractivity contribution in [2.75, 3.05) is 0 Å². The second kappa shape index (κ2) is 9.21. The molecule has 3 aromatic carbocycles. The summed E-state index contributed by atoms with van der Waals surface area (Å²) in [6.45, 7) is 0.160. The molecule has 0 saturated heterocycles. The van der Waals surface area contributed by atoms with Crippen LogP contribution in [0.15, 0.2) is 71.3 Å². The van der Waals surface area contributed by atoms with Crippen molar-refractivity contribution in [3.8, 4) is 16.9 Å². The molecule has 1 aromatic heterocycles. The number of carboxylic acids is 1. The summed E-state index contributed by atoms with van der Waals surface area (Å²) in [5, 5.41) is 19.4. The first-order valence-corrected chi connectivity index (χ1v) is 10.1. The Bertz CT molecular complexity index is 1260. The zero-order valence-electron chi connectivity index (χ0n) is 17.1. The van der Waals surface area contributed by atoms with Gasteiger partial charge in [0.25, 0.3) is 0 Å². The molecular weight excluding hydrogens is 413 g/mol. The fraction of sp³-hybridized carbons (Fsp3) is 0.160. The van der Waals surface area contributed by atoms with E-state index in [1.54, 1.807) is 54.6 Å². The lowest BCUT2D eigenvalue weighted by atomic mass is 9.97. The molecule has 0 aliphatic carbocycles. The topological polar surface area (TPSA) is 106 Å². The number of ether oxygens (including phenoxy) is 1. The van der Waals surface area contributed by atoms with Gasteiger partial charge in [0, 0.05) is 28.5 Å². The highest BCUT2D eigenvalue weighted by Crippen LogP contribution is 2.34. The van der Waals surface area contributed by atoms with Crippen LogP contribution in [0.4, 0.5) is 4.39 Å². The number of aliphatic carboxylic acids is 1. The van der Waals surface area contributed by atoms with Crippen LogP contribution in [-0.4, -0.2) is 22.4 Å². The number of carbonyl (C=O) groups is 1. The number of hydrogen-bond acceptors (Lipinski definition) is 5. The molecule has 0 radical (unpaired) electrons. The van der Waals surface area contributed by atoms with Crippen LogP contribution in [0.3, 0.4) is 0 Å². The number of carboxylic acid groups (broad SMARTS) is 1. The van der Waals surface area contributed by atoms with Gasteiger partial charge in [-0.3, -0.25) is 4.79 Å². The molecule has 4 rings (SSSR count). The maximum Gasteiger partial charge on any atom is 0.307 e. The van der Waals surface area contributed by atoms with Crippen molar-refractivity contribution in [3.05, 3.63) is 89.4 Å². The third kappa shape index (κ3) is 4.64. The van der Waals surface area contributed by atoms with Crippen LogP contribution < -0.4 is 10.5 Å². The lowest BCUT2D eigenvalue weighted by Gasteiger charge is -2.13. The summed E-state index contributed by atoms with van der Waals surface area (Å²) in [6, 6.07) is 17.3. The van der Waals surface area contributed by atoms with E-state index in [-0.39, 0.29) is 19.4 Å². The van der Waals surface area contributed by atoms with Gasteiger partial charge in [0.15, 0.2) is 0 Å². The molecule has 4 aromatic rings. The number of hydrogen-bond donors (Lipinski definition) is 3. The molecule has 0 bridgehead atoms. The lowest BCUT2D eigenvalue weighted by molar-refractivity contribution is -0.136. The number of aliphatic hydroxyl groups excluding tert-OH is 1. The highest BCUT2D eigenvalue weighted by Gasteiger charge is 2.17. The molecule has 6 nitrogen and oxygen atoms in total. The van der Waals surface area contributed by atoms with Crippen molar-refractivity contribution >= 4 is 16.9 Å². The number of fused-ring (bicyclic) bond motifs is 1. The van der Waals surface area contributed by atoms with Crippen LogP contribution in [0.25, 0.3) is 22.1 Å². The van der Waals surface area contributed by atoms with Crippen molar-refractivity contribution in [1.29, 1.82) is 0 Å². The number of para-hydroxylation sites is 1. The summed E-state index contributed by atoms with van der Waals surface area (Å²) in [4.78, 5) is 11.1. The molecule has 164 valence electrons. The highest BCUT2D eigenvalue weighted by molar-refractivity contribution is 5.93. The molecule has 0 spiro atoms. The predicted octanol–water partition coefficient (Wildman–Crippen LogP) is 4.26. The van der Waals surface area contributed by atoms with Crippen LogP contribution in [0.2, 0.25) is 0 Å². The van der Waals surface area contributed by atoms with E-state index in [2.05, 4.69) is 0 Å². The molecule has 1 heterocycles. The fourth-order valence-electron chi connectivity index (χ4n) is 3.71. The molecule has 0 amide bonds. The predicted molar refractivity (Wildman–Crippen MR) is 118 cm³/mol. The quantitative estimate of drug-likeness (QED) is 0.357. The van der Waals surface area contributed by atoms with Crippen LogP contribution >= 0.6 is 0 Å². The van der Waals surface area contributed by atoms with Gasteiger partial charge in [0.2, 0.25) is 0 Å². The summed E-state index contributed by atoms with van der Waals surface area (Å²) < 4.78 is 26.7. The van der Waals surface area contributed by atoms with Crippen LogP contribution in [-0.2, 0) is 24.2 Å². The average Bonchev–Trinajstić information content (AvgIpc) is 3.22. The van der Waals surface area contributed by atoms with E-state index in [1.165, 1.54) is 6.26 Å². The Morgan fingerprint density at radius 3 is 2.62 bits per heavy atom. The maximum absolute atomic E-state index is 15.2. The second-order valence-corrected chi connectivity index (χ2v) is 7.50. The number of halogens is 1. The number of rotatable bonds is 8. The first-order valence-electron chi connectivity index (χ1n) is 10.1. The van der Waals surface area contributed by atoms with E-state index in [0.29, 0.717) is 33.6 Å². The molecule has 0 unspecified atom stereocenters. The maximum atomic E-state index is 15.2. The van der Waals surface area contributed by atoms with E-state index < -0.39 is 18.0 Å². The molecule has 0 fully saturated rings. The zero-order valence-corrected chi connectivity index (χ0v) is 17.1. The second-order valence-electron chi connectivity index (χ2n) is 7.50. The molecule has 0 saturated carbocycles. The average molecular weight is 435 g/mol. The summed E-state index contributed by atoms with van der Waals surface area (Å²) in [5.41, 5.74) is 8.49. The third-order valence-corrected chi connectivity index (χ3v) is 5.12. The van der Waals surface area contributed by atoms with Gasteiger partial charge >= 0.3 is 5.97 Å². The monoisotopic (exact) mass is 435 g/mol. The van der Waals surface area contributed by atoms with Gasteiger partial charge in [0.1, 0.15) is 30.0 Å². The molecule has 32 heavy (non-hydrogen) atoms.